The fraction of sp³-hybridized carbons (Fsp3) is 0.500. The Morgan fingerprint density at radius 3 is 2.76 bits per heavy atom. The smallest absolute Gasteiger partial charge is 0.418 e. The predicted molar refractivity (Wildman–Crippen MR) is 70.6 cm³/mol. The van der Waals surface area contributed by atoms with Gasteiger partial charge in [0.2, 0.25) is 0 Å². The van der Waals surface area contributed by atoms with E-state index in [0.717, 1.165) is 0 Å². The van der Waals surface area contributed by atoms with Crippen LogP contribution in [0.4, 0.5) is 18.9 Å². The molecule has 1 N–H and O–H groups in total. The summed E-state index contributed by atoms with van der Waals surface area (Å²) in [5, 5.41) is 8.86. The van der Waals surface area contributed by atoms with E-state index in [1.54, 1.807) is 11.8 Å². The molecule has 1 atom stereocenters. The number of carbonyl (C=O) groups is 1. The Labute approximate surface area is 120 Å². The summed E-state index contributed by atoms with van der Waals surface area (Å²) in [4.78, 5) is 12.5. The van der Waals surface area contributed by atoms with Crippen LogP contribution in [0.15, 0.2) is 18.2 Å². The van der Waals surface area contributed by atoms with E-state index in [2.05, 4.69) is 0 Å². The maximum Gasteiger partial charge on any atom is 0.418 e. The molecule has 1 aliphatic rings. The quantitative estimate of drug-likeness (QED) is 0.912. The second-order valence-electron chi connectivity index (χ2n) is 5.02. The highest BCUT2D eigenvalue weighted by atomic mass is 19.4. The summed E-state index contributed by atoms with van der Waals surface area (Å²) in [5.74, 6) is -1.38. The molecule has 21 heavy (non-hydrogen) atoms. The number of hydrogen-bond donors (Lipinski definition) is 1. The number of alkyl halides is 3. The lowest BCUT2D eigenvalue weighted by Crippen LogP contribution is -2.32. The fourth-order valence-electron chi connectivity index (χ4n) is 2.38. The van der Waals surface area contributed by atoms with Crippen LogP contribution in [0.25, 0.3) is 0 Å². The molecule has 0 saturated carbocycles. The van der Waals surface area contributed by atoms with Crippen LogP contribution >= 0.6 is 0 Å². The minimum Gasteiger partial charge on any atom is -0.478 e. The summed E-state index contributed by atoms with van der Waals surface area (Å²) in [7, 11) is 0. The lowest BCUT2D eigenvalue weighted by atomic mass is 10.1. The van der Waals surface area contributed by atoms with E-state index in [-0.39, 0.29) is 17.4 Å². The SMILES string of the molecule is CC1CN(c2ccc(C(=O)O)cc2C(F)(F)F)CCCO1. The van der Waals surface area contributed by atoms with Gasteiger partial charge in [-0.15, -0.1) is 0 Å². The molecule has 0 bridgehead atoms. The molecule has 1 aliphatic heterocycles. The fourth-order valence-corrected chi connectivity index (χ4v) is 2.38. The van der Waals surface area contributed by atoms with Gasteiger partial charge in [0.15, 0.2) is 0 Å². The standard InChI is InChI=1S/C14H16F3NO3/c1-9-8-18(5-2-6-21-9)12-4-3-10(13(19)20)7-11(12)14(15,16)17/h3-4,7,9H,2,5-6,8H2,1H3,(H,19,20). The van der Waals surface area contributed by atoms with Crippen molar-refractivity contribution >= 4 is 11.7 Å². The van der Waals surface area contributed by atoms with E-state index in [0.29, 0.717) is 32.2 Å². The van der Waals surface area contributed by atoms with Crippen molar-refractivity contribution in [1.29, 1.82) is 0 Å². The van der Waals surface area contributed by atoms with Gasteiger partial charge in [0.1, 0.15) is 0 Å². The van der Waals surface area contributed by atoms with E-state index in [4.69, 9.17) is 9.84 Å². The number of ether oxygens (including phenoxy) is 1. The molecule has 4 nitrogen and oxygen atoms in total. The topological polar surface area (TPSA) is 49.8 Å². The molecule has 1 saturated heterocycles. The van der Waals surface area contributed by atoms with Gasteiger partial charge in [-0.1, -0.05) is 0 Å². The van der Waals surface area contributed by atoms with Crippen LogP contribution in [-0.2, 0) is 10.9 Å². The maximum absolute atomic E-state index is 13.2. The van der Waals surface area contributed by atoms with Crippen LogP contribution in [0.1, 0.15) is 29.3 Å². The monoisotopic (exact) mass is 303 g/mol. The molecular weight excluding hydrogens is 287 g/mol. The highest BCUT2D eigenvalue weighted by Crippen LogP contribution is 2.37. The number of aromatic carboxylic acids is 1. The number of carboxylic acid groups (broad SMARTS) is 1. The number of carboxylic acids is 1. The Morgan fingerprint density at radius 1 is 1.43 bits per heavy atom. The van der Waals surface area contributed by atoms with Gasteiger partial charge >= 0.3 is 12.1 Å². The van der Waals surface area contributed by atoms with Crippen molar-refractivity contribution in [3.05, 3.63) is 29.3 Å². The Hall–Kier alpha value is -1.76. The van der Waals surface area contributed by atoms with Gasteiger partial charge in [0.05, 0.1) is 17.2 Å². The zero-order chi connectivity index (χ0) is 15.6. The van der Waals surface area contributed by atoms with E-state index < -0.39 is 17.7 Å². The van der Waals surface area contributed by atoms with Crippen LogP contribution < -0.4 is 4.90 Å². The first kappa shape index (κ1) is 15.6. The summed E-state index contributed by atoms with van der Waals surface area (Å²) in [6.45, 7) is 3.10. The predicted octanol–water partition coefficient (Wildman–Crippen LogP) is 3.02. The van der Waals surface area contributed by atoms with Gasteiger partial charge in [-0.25, -0.2) is 4.79 Å². The molecule has 1 aromatic rings. The van der Waals surface area contributed by atoms with E-state index in [1.807, 2.05) is 0 Å². The van der Waals surface area contributed by atoms with E-state index in [9.17, 15) is 18.0 Å². The van der Waals surface area contributed by atoms with Crippen LogP contribution in [0.5, 0.6) is 0 Å². The average Bonchev–Trinajstić information content (AvgIpc) is 2.61. The second-order valence-corrected chi connectivity index (χ2v) is 5.02. The van der Waals surface area contributed by atoms with Crippen molar-refractivity contribution in [2.45, 2.75) is 25.6 Å². The number of halogens is 3. The largest absolute Gasteiger partial charge is 0.478 e. The minimum absolute atomic E-state index is 0.00449. The number of anilines is 1. The summed E-state index contributed by atoms with van der Waals surface area (Å²) in [5.41, 5.74) is -1.29. The Balaban J connectivity index is 2.44. The van der Waals surface area contributed by atoms with Crippen LogP contribution in [0, 0.1) is 0 Å². The number of rotatable bonds is 2. The molecule has 0 aliphatic carbocycles. The summed E-state index contributed by atoms with van der Waals surface area (Å²) < 4.78 is 45.0. The van der Waals surface area contributed by atoms with E-state index >= 15 is 0 Å². The van der Waals surface area contributed by atoms with Gasteiger partial charge in [-0.05, 0) is 31.5 Å². The molecule has 0 aromatic heterocycles. The molecule has 1 fully saturated rings. The van der Waals surface area contributed by atoms with Crippen molar-refractivity contribution in [3.63, 3.8) is 0 Å². The van der Waals surface area contributed by atoms with Crippen molar-refractivity contribution in [2.75, 3.05) is 24.6 Å². The highest BCUT2D eigenvalue weighted by molar-refractivity contribution is 5.88. The first-order chi connectivity index (χ1) is 9.79. The first-order valence-electron chi connectivity index (χ1n) is 6.60. The summed E-state index contributed by atoms with van der Waals surface area (Å²) in [6, 6.07) is 3.11. The van der Waals surface area contributed by atoms with Crippen molar-refractivity contribution in [3.8, 4) is 0 Å². The van der Waals surface area contributed by atoms with Crippen molar-refractivity contribution in [1.82, 2.24) is 0 Å². The zero-order valence-electron chi connectivity index (χ0n) is 11.5. The van der Waals surface area contributed by atoms with Gasteiger partial charge in [-0.2, -0.15) is 13.2 Å². The van der Waals surface area contributed by atoms with Crippen molar-refractivity contribution in [2.24, 2.45) is 0 Å². The molecule has 2 rings (SSSR count). The third-order valence-corrected chi connectivity index (χ3v) is 3.34. The normalized spacial score (nSPS) is 20.2. The molecule has 7 heteroatoms. The molecule has 0 radical (unpaired) electrons. The average molecular weight is 303 g/mol. The van der Waals surface area contributed by atoms with Gasteiger partial charge in [-0.3, -0.25) is 0 Å². The number of nitrogens with zero attached hydrogens (tertiary/aromatic N) is 1. The number of benzene rings is 1. The lowest BCUT2D eigenvalue weighted by molar-refractivity contribution is -0.137. The van der Waals surface area contributed by atoms with E-state index in [1.165, 1.54) is 12.1 Å². The summed E-state index contributed by atoms with van der Waals surface area (Å²) >= 11 is 0. The Bertz CT molecular complexity index is 531. The van der Waals surface area contributed by atoms with Gasteiger partial charge in [0, 0.05) is 25.4 Å². The molecule has 0 amide bonds. The van der Waals surface area contributed by atoms with Crippen LogP contribution in [0.3, 0.4) is 0 Å². The molecular formula is C14H16F3NO3. The third kappa shape index (κ3) is 3.66. The minimum atomic E-state index is -4.60. The molecule has 0 spiro atoms. The number of hydrogen-bond acceptors (Lipinski definition) is 3. The van der Waals surface area contributed by atoms with Gasteiger partial charge < -0.3 is 14.7 Å². The zero-order valence-corrected chi connectivity index (χ0v) is 11.5. The van der Waals surface area contributed by atoms with Crippen molar-refractivity contribution < 1.29 is 27.8 Å². The summed E-state index contributed by atoms with van der Waals surface area (Å²) in [6.07, 6.45) is -4.15. The molecule has 1 aromatic carbocycles. The third-order valence-electron chi connectivity index (χ3n) is 3.34. The van der Waals surface area contributed by atoms with Gasteiger partial charge in [0.25, 0.3) is 0 Å². The Kier molecular flexibility index (Phi) is 4.41. The second kappa shape index (κ2) is 5.93. The molecule has 1 unspecified atom stereocenters. The van der Waals surface area contributed by atoms with Crippen LogP contribution in [-0.4, -0.2) is 36.9 Å². The maximum atomic E-state index is 13.2. The molecule has 116 valence electrons. The first-order valence-corrected chi connectivity index (χ1v) is 6.60. The highest BCUT2D eigenvalue weighted by Gasteiger charge is 2.36. The molecule has 1 heterocycles. The lowest BCUT2D eigenvalue weighted by Gasteiger charge is -2.27. The van der Waals surface area contributed by atoms with Crippen LogP contribution in [0.2, 0.25) is 0 Å². The Morgan fingerprint density at radius 2 is 2.14 bits per heavy atom.